The Hall–Kier alpha value is -1.79. The van der Waals surface area contributed by atoms with Crippen LogP contribution in [-0.2, 0) is 16.1 Å². The molecule has 1 saturated heterocycles. The van der Waals surface area contributed by atoms with Gasteiger partial charge in [0, 0.05) is 19.6 Å². The third-order valence-corrected chi connectivity index (χ3v) is 3.28. The molecule has 1 aliphatic rings. The number of phenols is 1. The molecule has 6 heteroatoms. The van der Waals surface area contributed by atoms with E-state index in [2.05, 4.69) is 4.90 Å². The Bertz CT molecular complexity index is 477. The molecule has 1 aromatic rings. The van der Waals surface area contributed by atoms with Crippen molar-refractivity contribution in [2.75, 3.05) is 26.8 Å². The predicted octanol–water partition coefficient (Wildman–Crippen LogP) is 1.08. The van der Waals surface area contributed by atoms with Crippen molar-refractivity contribution in [3.05, 3.63) is 23.8 Å². The van der Waals surface area contributed by atoms with E-state index in [4.69, 9.17) is 14.6 Å². The first-order valence-corrected chi connectivity index (χ1v) is 6.50. The van der Waals surface area contributed by atoms with Crippen LogP contribution in [0.3, 0.4) is 0 Å². The van der Waals surface area contributed by atoms with E-state index in [0.29, 0.717) is 25.4 Å². The summed E-state index contributed by atoms with van der Waals surface area (Å²) in [5, 5.41) is 18.4. The second-order valence-electron chi connectivity index (χ2n) is 4.83. The quantitative estimate of drug-likeness (QED) is 0.840. The van der Waals surface area contributed by atoms with Gasteiger partial charge in [-0.25, -0.2) is 0 Å². The van der Waals surface area contributed by atoms with Gasteiger partial charge in [-0.15, -0.1) is 0 Å². The molecule has 0 amide bonds. The first kappa shape index (κ1) is 14.6. The molecular formula is C14H19NO5. The van der Waals surface area contributed by atoms with Crippen molar-refractivity contribution in [3.8, 4) is 11.5 Å². The van der Waals surface area contributed by atoms with Gasteiger partial charge >= 0.3 is 5.97 Å². The number of hydrogen-bond acceptors (Lipinski definition) is 5. The van der Waals surface area contributed by atoms with Crippen LogP contribution in [0.5, 0.6) is 11.5 Å². The smallest absolute Gasteiger partial charge is 0.306 e. The lowest BCUT2D eigenvalue weighted by Crippen LogP contribution is -2.42. The largest absolute Gasteiger partial charge is 0.504 e. The maximum absolute atomic E-state index is 10.7. The fraction of sp³-hybridized carbons (Fsp3) is 0.500. The van der Waals surface area contributed by atoms with Crippen LogP contribution in [0.25, 0.3) is 0 Å². The van der Waals surface area contributed by atoms with Crippen molar-refractivity contribution >= 4 is 5.97 Å². The van der Waals surface area contributed by atoms with Crippen molar-refractivity contribution in [2.45, 2.75) is 19.1 Å². The van der Waals surface area contributed by atoms with E-state index in [0.717, 1.165) is 12.1 Å². The number of aromatic hydroxyl groups is 1. The Kier molecular flexibility index (Phi) is 4.81. The van der Waals surface area contributed by atoms with Crippen LogP contribution in [0.2, 0.25) is 0 Å². The lowest BCUT2D eigenvalue weighted by molar-refractivity contribution is -0.142. The highest BCUT2D eigenvalue weighted by Crippen LogP contribution is 2.27. The summed E-state index contributed by atoms with van der Waals surface area (Å²) in [6, 6.07) is 5.22. The van der Waals surface area contributed by atoms with Crippen LogP contribution in [0.15, 0.2) is 18.2 Å². The van der Waals surface area contributed by atoms with Gasteiger partial charge in [0.2, 0.25) is 0 Å². The molecule has 6 nitrogen and oxygen atoms in total. The van der Waals surface area contributed by atoms with E-state index in [9.17, 15) is 9.90 Å². The standard InChI is InChI=1S/C14H19NO5/c1-19-13-6-10(2-3-12(13)16)8-15-4-5-20-11(9-15)7-14(17)18/h2-3,6,11,16H,4-5,7-9H2,1H3,(H,17,18). The Balaban J connectivity index is 1.97. The second kappa shape index (κ2) is 6.58. The molecule has 2 rings (SSSR count). The average molecular weight is 281 g/mol. The minimum Gasteiger partial charge on any atom is -0.504 e. The zero-order valence-corrected chi connectivity index (χ0v) is 11.4. The van der Waals surface area contributed by atoms with Crippen LogP contribution >= 0.6 is 0 Å². The highest BCUT2D eigenvalue weighted by atomic mass is 16.5. The van der Waals surface area contributed by atoms with Crippen LogP contribution in [-0.4, -0.2) is 54.0 Å². The van der Waals surface area contributed by atoms with Gasteiger partial charge in [-0.05, 0) is 17.7 Å². The minimum atomic E-state index is -0.844. The third-order valence-electron chi connectivity index (χ3n) is 3.28. The van der Waals surface area contributed by atoms with Gasteiger partial charge in [0.15, 0.2) is 11.5 Å². The minimum absolute atomic E-state index is 0.0232. The maximum atomic E-state index is 10.7. The van der Waals surface area contributed by atoms with Gasteiger partial charge < -0.3 is 19.7 Å². The van der Waals surface area contributed by atoms with Gasteiger partial charge in [0.25, 0.3) is 0 Å². The normalized spacial score (nSPS) is 19.8. The molecule has 1 aromatic carbocycles. The number of carboxylic acid groups (broad SMARTS) is 1. The van der Waals surface area contributed by atoms with Gasteiger partial charge in [-0.3, -0.25) is 9.69 Å². The summed E-state index contributed by atoms with van der Waals surface area (Å²) in [7, 11) is 1.51. The summed E-state index contributed by atoms with van der Waals surface area (Å²) in [4.78, 5) is 12.9. The number of methoxy groups -OCH3 is 1. The molecule has 0 aliphatic carbocycles. The fourth-order valence-electron chi connectivity index (χ4n) is 2.32. The zero-order valence-electron chi connectivity index (χ0n) is 11.4. The first-order chi connectivity index (χ1) is 9.58. The Morgan fingerprint density at radius 2 is 2.35 bits per heavy atom. The Morgan fingerprint density at radius 3 is 3.05 bits per heavy atom. The summed E-state index contributed by atoms with van der Waals surface area (Å²) >= 11 is 0. The average Bonchev–Trinajstić information content (AvgIpc) is 2.40. The molecule has 0 saturated carbocycles. The van der Waals surface area contributed by atoms with Gasteiger partial charge in [-0.2, -0.15) is 0 Å². The van der Waals surface area contributed by atoms with Crippen molar-refractivity contribution in [1.82, 2.24) is 4.90 Å². The molecule has 110 valence electrons. The number of phenolic OH excluding ortho intramolecular Hbond substituents is 1. The topological polar surface area (TPSA) is 79.2 Å². The lowest BCUT2D eigenvalue weighted by Gasteiger charge is -2.32. The molecule has 1 unspecified atom stereocenters. The summed E-state index contributed by atoms with van der Waals surface area (Å²) in [5.74, 6) is -0.289. The van der Waals surface area contributed by atoms with E-state index in [1.807, 2.05) is 6.07 Å². The first-order valence-electron chi connectivity index (χ1n) is 6.50. The Labute approximate surface area is 117 Å². The van der Waals surface area contributed by atoms with Crippen molar-refractivity contribution < 1.29 is 24.5 Å². The van der Waals surface area contributed by atoms with Crippen LogP contribution in [0, 0.1) is 0 Å². The van der Waals surface area contributed by atoms with Crippen LogP contribution in [0.4, 0.5) is 0 Å². The summed E-state index contributed by atoms with van der Waals surface area (Å²) in [6.45, 7) is 2.57. The molecule has 1 aliphatic heterocycles. The molecule has 1 atom stereocenters. The number of hydrogen-bond donors (Lipinski definition) is 2. The van der Waals surface area contributed by atoms with Gasteiger partial charge in [0.1, 0.15) is 0 Å². The summed E-state index contributed by atoms with van der Waals surface area (Å²) < 4.78 is 10.5. The van der Waals surface area contributed by atoms with Gasteiger partial charge in [0.05, 0.1) is 26.2 Å². The predicted molar refractivity (Wildman–Crippen MR) is 71.9 cm³/mol. The molecule has 1 heterocycles. The monoisotopic (exact) mass is 281 g/mol. The van der Waals surface area contributed by atoms with Gasteiger partial charge in [-0.1, -0.05) is 6.07 Å². The molecule has 1 fully saturated rings. The summed E-state index contributed by atoms with van der Waals surface area (Å²) in [6.07, 6.45) is -0.240. The number of morpholine rings is 1. The SMILES string of the molecule is COc1cc(CN2CCOC(CC(=O)O)C2)ccc1O. The molecule has 2 N–H and O–H groups in total. The van der Waals surface area contributed by atoms with E-state index in [-0.39, 0.29) is 18.3 Å². The highest BCUT2D eigenvalue weighted by molar-refractivity contribution is 5.67. The Morgan fingerprint density at radius 1 is 1.55 bits per heavy atom. The van der Waals surface area contributed by atoms with E-state index < -0.39 is 5.97 Å². The van der Waals surface area contributed by atoms with E-state index >= 15 is 0 Å². The summed E-state index contributed by atoms with van der Waals surface area (Å²) in [5.41, 5.74) is 1.01. The van der Waals surface area contributed by atoms with E-state index in [1.165, 1.54) is 7.11 Å². The molecule has 0 bridgehead atoms. The van der Waals surface area contributed by atoms with Crippen LogP contribution < -0.4 is 4.74 Å². The lowest BCUT2D eigenvalue weighted by atomic mass is 10.1. The number of aliphatic carboxylic acids is 1. The number of carboxylic acids is 1. The molecule has 0 aromatic heterocycles. The molecular weight excluding hydrogens is 262 g/mol. The molecule has 0 radical (unpaired) electrons. The number of benzene rings is 1. The number of nitrogens with zero attached hydrogens (tertiary/aromatic N) is 1. The van der Waals surface area contributed by atoms with Crippen molar-refractivity contribution in [3.63, 3.8) is 0 Å². The number of ether oxygens (including phenoxy) is 2. The zero-order chi connectivity index (χ0) is 14.5. The second-order valence-corrected chi connectivity index (χ2v) is 4.83. The molecule has 20 heavy (non-hydrogen) atoms. The van der Waals surface area contributed by atoms with E-state index in [1.54, 1.807) is 12.1 Å². The number of carbonyl (C=O) groups is 1. The third kappa shape index (κ3) is 3.85. The fourth-order valence-corrected chi connectivity index (χ4v) is 2.32. The van der Waals surface area contributed by atoms with Crippen molar-refractivity contribution in [2.24, 2.45) is 0 Å². The van der Waals surface area contributed by atoms with Crippen molar-refractivity contribution in [1.29, 1.82) is 0 Å². The number of rotatable bonds is 5. The maximum Gasteiger partial charge on any atom is 0.306 e. The van der Waals surface area contributed by atoms with Crippen LogP contribution in [0.1, 0.15) is 12.0 Å². The molecule has 0 spiro atoms. The highest BCUT2D eigenvalue weighted by Gasteiger charge is 2.22.